The number of thioether (sulfide) groups is 1. The Morgan fingerprint density at radius 3 is 2.50 bits per heavy atom. The molecule has 2 aliphatic heterocycles. The Hall–Kier alpha value is -0.700. The van der Waals surface area contributed by atoms with Gasteiger partial charge in [0, 0.05) is 19.0 Å². The minimum atomic E-state index is 0.140. The molecule has 2 unspecified atom stereocenters. The van der Waals surface area contributed by atoms with E-state index in [0.717, 1.165) is 54.9 Å². The number of likely N-dealkylation sites (tertiary alicyclic amines) is 1. The number of nitrogens with zero attached hydrogens (tertiary/aromatic N) is 4. The summed E-state index contributed by atoms with van der Waals surface area (Å²) < 4.78 is 6.75. The average molecular weight is 371 g/mol. The summed E-state index contributed by atoms with van der Waals surface area (Å²) in [5.41, 5.74) is 0. The van der Waals surface area contributed by atoms with Crippen molar-refractivity contribution in [2.24, 2.45) is 5.92 Å². The summed E-state index contributed by atoms with van der Waals surface area (Å²) in [7, 11) is 0. The average Bonchev–Trinajstić information content (AvgIpc) is 3.01. The number of aromatic nitrogens is 2. The Morgan fingerprint density at radius 1 is 1.25 bits per heavy atom. The molecular weight excluding hydrogens is 344 g/mol. The summed E-state index contributed by atoms with van der Waals surface area (Å²) in [5.74, 6) is 0.479. The Balaban J connectivity index is 1.48. The lowest BCUT2D eigenvalue weighted by molar-refractivity contribution is -0.148. The first-order chi connectivity index (χ1) is 11.5. The lowest BCUT2D eigenvalue weighted by atomic mass is 9.94. The van der Waals surface area contributed by atoms with Crippen LogP contribution in [0.4, 0.5) is 0 Å². The van der Waals surface area contributed by atoms with E-state index in [-0.39, 0.29) is 18.1 Å². The van der Waals surface area contributed by atoms with Crippen molar-refractivity contribution in [3.63, 3.8) is 0 Å². The fourth-order valence-electron chi connectivity index (χ4n) is 3.53. The first-order valence-electron chi connectivity index (χ1n) is 8.58. The molecule has 134 valence electrons. The molecule has 0 aromatic carbocycles. The van der Waals surface area contributed by atoms with Gasteiger partial charge in [0.15, 0.2) is 4.34 Å². The number of ether oxygens (including phenoxy) is 1. The SMILES string of the molecule is CSc1nnc(CN2CCC(C(=O)N3CC(C)OC(C)C3)CC2)s1. The molecule has 2 saturated heterocycles. The van der Waals surface area contributed by atoms with Gasteiger partial charge in [0.25, 0.3) is 0 Å². The molecule has 3 rings (SSSR count). The van der Waals surface area contributed by atoms with Crippen LogP contribution in [0.15, 0.2) is 4.34 Å². The van der Waals surface area contributed by atoms with Crippen molar-refractivity contribution in [2.75, 3.05) is 32.4 Å². The van der Waals surface area contributed by atoms with Crippen molar-refractivity contribution in [3.8, 4) is 0 Å². The topological polar surface area (TPSA) is 58.6 Å². The van der Waals surface area contributed by atoms with Crippen LogP contribution < -0.4 is 0 Å². The molecule has 2 fully saturated rings. The highest BCUT2D eigenvalue weighted by Gasteiger charge is 2.32. The second-order valence-electron chi connectivity index (χ2n) is 6.72. The third-order valence-electron chi connectivity index (χ3n) is 4.65. The number of rotatable bonds is 4. The number of carbonyl (C=O) groups is 1. The smallest absolute Gasteiger partial charge is 0.225 e. The van der Waals surface area contributed by atoms with Crippen LogP contribution in [0.2, 0.25) is 0 Å². The minimum Gasteiger partial charge on any atom is -0.372 e. The number of hydrogen-bond donors (Lipinski definition) is 0. The summed E-state index contributed by atoms with van der Waals surface area (Å²) in [6, 6.07) is 0. The third kappa shape index (κ3) is 4.47. The number of amides is 1. The molecule has 0 bridgehead atoms. The summed E-state index contributed by atoms with van der Waals surface area (Å²) in [6.07, 6.45) is 4.18. The molecule has 24 heavy (non-hydrogen) atoms. The Kier molecular flexibility index (Phi) is 6.12. The van der Waals surface area contributed by atoms with Crippen molar-refractivity contribution < 1.29 is 9.53 Å². The summed E-state index contributed by atoms with van der Waals surface area (Å²) >= 11 is 3.30. The summed E-state index contributed by atoms with van der Waals surface area (Å²) in [4.78, 5) is 17.2. The molecule has 0 radical (unpaired) electrons. The van der Waals surface area contributed by atoms with Gasteiger partial charge in [-0.15, -0.1) is 10.2 Å². The van der Waals surface area contributed by atoms with Crippen LogP contribution in [0, 0.1) is 5.92 Å². The van der Waals surface area contributed by atoms with Crippen LogP contribution in [-0.4, -0.2) is 70.5 Å². The largest absolute Gasteiger partial charge is 0.372 e. The highest BCUT2D eigenvalue weighted by molar-refractivity contribution is 8.00. The van der Waals surface area contributed by atoms with E-state index >= 15 is 0 Å². The Labute approximate surface area is 151 Å². The van der Waals surface area contributed by atoms with Crippen LogP contribution in [0.25, 0.3) is 0 Å². The summed E-state index contributed by atoms with van der Waals surface area (Å²) in [5, 5.41) is 9.46. The van der Waals surface area contributed by atoms with Gasteiger partial charge in [-0.05, 0) is 46.0 Å². The van der Waals surface area contributed by atoms with Gasteiger partial charge in [0.05, 0.1) is 18.8 Å². The van der Waals surface area contributed by atoms with Gasteiger partial charge in [0.2, 0.25) is 5.91 Å². The molecule has 3 heterocycles. The molecule has 1 aromatic heterocycles. The first kappa shape index (κ1) is 18.1. The van der Waals surface area contributed by atoms with Crippen molar-refractivity contribution in [2.45, 2.75) is 49.8 Å². The van der Waals surface area contributed by atoms with E-state index in [4.69, 9.17) is 4.74 Å². The predicted molar refractivity (Wildman–Crippen MR) is 96.3 cm³/mol. The number of piperidine rings is 1. The fourth-order valence-corrected chi connectivity index (χ4v) is 4.89. The molecule has 8 heteroatoms. The Morgan fingerprint density at radius 2 is 1.92 bits per heavy atom. The van der Waals surface area contributed by atoms with Gasteiger partial charge in [-0.3, -0.25) is 9.69 Å². The molecule has 0 aliphatic carbocycles. The third-order valence-corrected chi connectivity index (χ3v) is 6.53. The van der Waals surface area contributed by atoms with Gasteiger partial charge >= 0.3 is 0 Å². The molecule has 6 nitrogen and oxygen atoms in total. The van der Waals surface area contributed by atoms with E-state index in [1.807, 2.05) is 25.0 Å². The number of carbonyl (C=O) groups excluding carboxylic acids is 1. The Bertz CT molecular complexity index is 550. The maximum atomic E-state index is 12.8. The predicted octanol–water partition coefficient (Wildman–Crippen LogP) is 2.11. The molecule has 0 saturated carbocycles. The van der Waals surface area contributed by atoms with Crippen LogP contribution in [0.5, 0.6) is 0 Å². The van der Waals surface area contributed by atoms with Crippen LogP contribution >= 0.6 is 23.1 Å². The van der Waals surface area contributed by atoms with Gasteiger partial charge < -0.3 is 9.64 Å². The highest BCUT2D eigenvalue weighted by atomic mass is 32.2. The molecule has 1 aromatic rings. The minimum absolute atomic E-state index is 0.140. The first-order valence-corrected chi connectivity index (χ1v) is 10.6. The zero-order chi connectivity index (χ0) is 17.1. The van der Waals surface area contributed by atoms with E-state index in [0.29, 0.717) is 5.91 Å². The molecule has 0 N–H and O–H groups in total. The van der Waals surface area contributed by atoms with Crippen molar-refractivity contribution >= 4 is 29.0 Å². The zero-order valence-corrected chi connectivity index (χ0v) is 16.2. The molecule has 2 aliphatic rings. The van der Waals surface area contributed by atoms with Crippen molar-refractivity contribution in [3.05, 3.63) is 5.01 Å². The highest BCUT2D eigenvalue weighted by Crippen LogP contribution is 2.25. The van der Waals surface area contributed by atoms with Crippen LogP contribution in [0.1, 0.15) is 31.7 Å². The van der Waals surface area contributed by atoms with Crippen LogP contribution in [-0.2, 0) is 16.1 Å². The number of hydrogen-bond acceptors (Lipinski definition) is 7. The fraction of sp³-hybridized carbons (Fsp3) is 0.812. The second-order valence-corrected chi connectivity index (χ2v) is 8.83. The van der Waals surface area contributed by atoms with Gasteiger partial charge in [-0.25, -0.2) is 0 Å². The van der Waals surface area contributed by atoms with E-state index < -0.39 is 0 Å². The maximum absolute atomic E-state index is 12.8. The lowest BCUT2D eigenvalue weighted by Gasteiger charge is -2.39. The zero-order valence-electron chi connectivity index (χ0n) is 14.6. The standard InChI is InChI=1S/C16H26N4O2S2/c1-11-8-20(9-12(2)22-11)15(21)13-4-6-19(7-5-13)10-14-17-18-16(23-3)24-14/h11-13H,4-10H2,1-3H3. The van der Waals surface area contributed by atoms with Crippen molar-refractivity contribution in [1.82, 2.24) is 20.0 Å². The molecular formula is C16H26N4O2S2. The molecule has 0 spiro atoms. The normalized spacial score (nSPS) is 26.7. The monoisotopic (exact) mass is 370 g/mol. The van der Waals surface area contributed by atoms with E-state index in [1.165, 1.54) is 0 Å². The number of morpholine rings is 1. The molecule has 1 amide bonds. The lowest BCUT2D eigenvalue weighted by Crippen LogP contribution is -2.51. The van der Waals surface area contributed by atoms with Gasteiger partial charge in [-0.1, -0.05) is 23.1 Å². The quantitative estimate of drug-likeness (QED) is 0.757. The summed E-state index contributed by atoms with van der Waals surface area (Å²) in [6.45, 7) is 8.31. The second kappa shape index (κ2) is 8.12. The van der Waals surface area contributed by atoms with Crippen molar-refractivity contribution in [1.29, 1.82) is 0 Å². The van der Waals surface area contributed by atoms with E-state index in [2.05, 4.69) is 15.1 Å². The molecule has 2 atom stereocenters. The van der Waals surface area contributed by atoms with E-state index in [1.54, 1.807) is 23.1 Å². The van der Waals surface area contributed by atoms with Gasteiger partial charge in [-0.2, -0.15) is 0 Å². The van der Waals surface area contributed by atoms with Crippen LogP contribution in [0.3, 0.4) is 0 Å². The van der Waals surface area contributed by atoms with Gasteiger partial charge in [0.1, 0.15) is 5.01 Å². The van der Waals surface area contributed by atoms with E-state index in [9.17, 15) is 4.79 Å². The maximum Gasteiger partial charge on any atom is 0.225 e.